The van der Waals surface area contributed by atoms with Crippen LogP contribution in [0.3, 0.4) is 0 Å². The summed E-state index contributed by atoms with van der Waals surface area (Å²) >= 11 is 1.51. The smallest absolute Gasteiger partial charge is 0.224 e. The molecule has 2 aromatic heterocycles. The molecule has 1 N–H and O–H groups in total. The molecular weight excluding hydrogens is 294 g/mol. The van der Waals surface area contributed by atoms with Gasteiger partial charge in [0.2, 0.25) is 11.0 Å². The number of fused-ring (bicyclic) bond motifs is 1. The van der Waals surface area contributed by atoms with Crippen molar-refractivity contribution in [2.75, 3.05) is 0 Å². The zero-order chi connectivity index (χ0) is 15.1. The molecule has 0 aliphatic heterocycles. The molecule has 0 bridgehead atoms. The van der Waals surface area contributed by atoms with Crippen molar-refractivity contribution in [3.05, 3.63) is 60.3 Å². The standard InChI is InChI=1S/C17H13N3OS/c1-11-15(12-7-3-2-4-8-12)16(21)20(19-11)17-18-13-9-5-6-10-14(13)22-17/h2-10,21H,1H3. The minimum absolute atomic E-state index is 0.128. The molecule has 2 aromatic carbocycles. The molecule has 5 heteroatoms. The maximum absolute atomic E-state index is 10.6. The van der Waals surface area contributed by atoms with Crippen LogP contribution in [-0.4, -0.2) is 19.9 Å². The molecule has 0 amide bonds. The van der Waals surface area contributed by atoms with E-state index in [2.05, 4.69) is 10.1 Å². The van der Waals surface area contributed by atoms with Crippen LogP contribution in [0.5, 0.6) is 5.88 Å². The monoisotopic (exact) mass is 307 g/mol. The summed E-state index contributed by atoms with van der Waals surface area (Å²) in [5.41, 5.74) is 3.39. The number of nitrogens with zero attached hydrogens (tertiary/aromatic N) is 3. The van der Waals surface area contributed by atoms with Gasteiger partial charge in [-0.3, -0.25) is 0 Å². The average Bonchev–Trinajstić information content (AvgIpc) is 3.09. The number of hydrogen-bond acceptors (Lipinski definition) is 4. The summed E-state index contributed by atoms with van der Waals surface area (Å²) in [6, 6.07) is 17.7. The summed E-state index contributed by atoms with van der Waals surface area (Å²) in [7, 11) is 0. The first-order valence-corrected chi connectivity index (χ1v) is 7.75. The SMILES string of the molecule is Cc1nn(-c2nc3ccccc3s2)c(O)c1-c1ccccc1. The lowest BCUT2D eigenvalue weighted by molar-refractivity contribution is 0.435. The van der Waals surface area contributed by atoms with E-state index in [1.165, 1.54) is 16.0 Å². The van der Waals surface area contributed by atoms with Crippen LogP contribution in [0, 0.1) is 6.92 Å². The van der Waals surface area contributed by atoms with Crippen LogP contribution in [0.1, 0.15) is 5.69 Å². The fourth-order valence-corrected chi connectivity index (χ4v) is 3.46. The number of thiazole rings is 1. The Labute approximate surface area is 131 Å². The third kappa shape index (κ3) is 1.98. The Kier molecular flexibility index (Phi) is 2.94. The fraction of sp³-hybridized carbons (Fsp3) is 0.0588. The zero-order valence-electron chi connectivity index (χ0n) is 11.9. The molecule has 0 unspecified atom stereocenters. The third-order valence-corrected chi connectivity index (χ3v) is 4.57. The van der Waals surface area contributed by atoms with Crippen molar-refractivity contribution in [2.45, 2.75) is 6.92 Å². The van der Waals surface area contributed by atoms with Gasteiger partial charge in [-0.2, -0.15) is 9.78 Å². The molecule has 0 atom stereocenters. The second kappa shape index (κ2) is 4.96. The normalized spacial score (nSPS) is 11.1. The minimum atomic E-state index is 0.128. The second-order valence-electron chi connectivity index (χ2n) is 5.03. The molecule has 4 rings (SSSR count). The van der Waals surface area contributed by atoms with Crippen molar-refractivity contribution in [1.82, 2.24) is 14.8 Å². The van der Waals surface area contributed by atoms with E-state index < -0.39 is 0 Å². The Hall–Kier alpha value is -2.66. The molecule has 4 nitrogen and oxygen atoms in total. The predicted molar refractivity (Wildman–Crippen MR) is 88.6 cm³/mol. The summed E-state index contributed by atoms with van der Waals surface area (Å²) in [4.78, 5) is 4.55. The Morgan fingerprint density at radius 2 is 1.73 bits per heavy atom. The fourth-order valence-electron chi connectivity index (χ4n) is 2.54. The second-order valence-corrected chi connectivity index (χ2v) is 6.04. The molecule has 22 heavy (non-hydrogen) atoms. The molecule has 0 saturated carbocycles. The van der Waals surface area contributed by atoms with Crippen LogP contribution >= 0.6 is 11.3 Å². The number of rotatable bonds is 2. The van der Waals surface area contributed by atoms with Crippen LogP contribution in [0.15, 0.2) is 54.6 Å². The quantitative estimate of drug-likeness (QED) is 0.605. The van der Waals surface area contributed by atoms with Crippen molar-refractivity contribution in [3.63, 3.8) is 0 Å². The van der Waals surface area contributed by atoms with Gasteiger partial charge in [-0.05, 0) is 24.6 Å². The predicted octanol–water partition coefficient (Wildman–Crippen LogP) is 4.16. The highest BCUT2D eigenvalue weighted by Crippen LogP contribution is 2.35. The van der Waals surface area contributed by atoms with Gasteiger partial charge in [0, 0.05) is 0 Å². The van der Waals surface area contributed by atoms with Gasteiger partial charge in [0.05, 0.1) is 21.5 Å². The lowest BCUT2D eigenvalue weighted by Gasteiger charge is -2.00. The lowest BCUT2D eigenvalue weighted by atomic mass is 10.1. The Balaban J connectivity index is 1.90. The molecule has 0 aliphatic rings. The van der Waals surface area contributed by atoms with E-state index in [-0.39, 0.29) is 5.88 Å². The summed E-state index contributed by atoms with van der Waals surface area (Å²) < 4.78 is 2.59. The molecule has 0 radical (unpaired) electrons. The summed E-state index contributed by atoms with van der Waals surface area (Å²) in [5.74, 6) is 0.128. The molecule has 108 valence electrons. The summed E-state index contributed by atoms with van der Waals surface area (Å²) in [6.45, 7) is 1.89. The van der Waals surface area contributed by atoms with E-state index in [0.717, 1.165) is 27.0 Å². The van der Waals surface area contributed by atoms with Crippen LogP contribution in [0.2, 0.25) is 0 Å². The van der Waals surface area contributed by atoms with E-state index >= 15 is 0 Å². The van der Waals surface area contributed by atoms with E-state index in [0.29, 0.717) is 5.13 Å². The lowest BCUT2D eigenvalue weighted by Crippen LogP contribution is -1.94. The van der Waals surface area contributed by atoms with E-state index in [1.807, 2.05) is 61.5 Å². The van der Waals surface area contributed by atoms with Gasteiger partial charge in [-0.1, -0.05) is 53.8 Å². The number of aryl methyl sites for hydroxylation is 1. The molecule has 0 saturated heterocycles. The highest BCUT2D eigenvalue weighted by Gasteiger charge is 2.19. The Morgan fingerprint density at radius 3 is 2.50 bits per heavy atom. The molecule has 2 heterocycles. The number of para-hydroxylation sites is 1. The van der Waals surface area contributed by atoms with E-state index in [1.54, 1.807) is 0 Å². The maximum Gasteiger partial charge on any atom is 0.224 e. The first-order valence-electron chi connectivity index (χ1n) is 6.94. The third-order valence-electron chi connectivity index (χ3n) is 3.56. The molecule has 0 aliphatic carbocycles. The molecule has 0 spiro atoms. The van der Waals surface area contributed by atoms with Crippen LogP contribution < -0.4 is 0 Å². The molecule has 4 aromatic rings. The van der Waals surface area contributed by atoms with Crippen molar-refractivity contribution >= 4 is 21.6 Å². The van der Waals surface area contributed by atoms with Crippen molar-refractivity contribution in [3.8, 4) is 22.1 Å². The van der Waals surface area contributed by atoms with Crippen LogP contribution in [-0.2, 0) is 0 Å². The van der Waals surface area contributed by atoms with Gasteiger partial charge in [0.15, 0.2) is 0 Å². The van der Waals surface area contributed by atoms with E-state index in [4.69, 9.17) is 0 Å². The number of aromatic nitrogens is 3. The van der Waals surface area contributed by atoms with Crippen molar-refractivity contribution < 1.29 is 5.11 Å². The maximum atomic E-state index is 10.6. The van der Waals surface area contributed by atoms with Crippen LogP contribution in [0.25, 0.3) is 26.5 Å². The van der Waals surface area contributed by atoms with Gasteiger partial charge in [0.1, 0.15) is 0 Å². The van der Waals surface area contributed by atoms with Gasteiger partial charge in [-0.25, -0.2) is 4.98 Å². The van der Waals surface area contributed by atoms with Crippen LogP contribution in [0.4, 0.5) is 0 Å². The van der Waals surface area contributed by atoms with Gasteiger partial charge in [-0.15, -0.1) is 0 Å². The summed E-state index contributed by atoms with van der Waals surface area (Å²) in [5, 5.41) is 15.7. The topological polar surface area (TPSA) is 50.9 Å². The van der Waals surface area contributed by atoms with Gasteiger partial charge in [0.25, 0.3) is 0 Å². The van der Waals surface area contributed by atoms with Crippen molar-refractivity contribution in [2.24, 2.45) is 0 Å². The van der Waals surface area contributed by atoms with E-state index in [9.17, 15) is 5.11 Å². The Morgan fingerprint density at radius 1 is 1.00 bits per heavy atom. The van der Waals surface area contributed by atoms with Crippen molar-refractivity contribution in [1.29, 1.82) is 0 Å². The number of aromatic hydroxyl groups is 1. The molecule has 0 fully saturated rings. The highest BCUT2D eigenvalue weighted by molar-refractivity contribution is 7.20. The molecular formula is C17H13N3OS. The minimum Gasteiger partial charge on any atom is -0.493 e. The van der Waals surface area contributed by atoms with Gasteiger partial charge >= 0.3 is 0 Å². The van der Waals surface area contributed by atoms with Gasteiger partial charge < -0.3 is 5.11 Å². The summed E-state index contributed by atoms with van der Waals surface area (Å²) in [6.07, 6.45) is 0. The highest BCUT2D eigenvalue weighted by atomic mass is 32.1. The number of hydrogen-bond donors (Lipinski definition) is 1. The zero-order valence-corrected chi connectivity index (χ0v) is 12.7. The largest absolute Gasteiger partial charge is 0.493 e. The first kappa shape index (κ1) is 13.0. The number of benzene rings is 2. The Bertz CT molecular complexity index is 924. The first-order chi connectivity index (χ1) is 10.7. The average molecular weight is 307 g/mol.